The van der Waals surface area contributed by atoms with E-state index in [0.29, 0.717) is 24.0 Å². The topological polar surface area (TPSA) is 67.3 Å². The van der Waals surface area contributed by atoms with E-state index in [0.717, 1.165) is 5.82 Å². The molecule has 0 aromatic carbocycles. The van der Waals surface area contributed by atoms with Gasteiger partial charge in [0.15, 0.2) is 0 Å². The molecule has 1 aromatic rings. The van der Waals surface area contributed by atoms with Crippen molar-refractivity contribution in [1.29, 1.82) is 0 Å². The standard InChI is InChI=1S/C12H21N3O2/c1-8(2)10(5-6-16)15-11-7-12(17-4)14-9(3)13-11/h7-8,10,16H,5-6H2,1-4H3,(H,13,14,15). The number of rotatable bonds is 6. The van der Waals surface area contributed by atoms with Crippen LogP contribution in [0.15, 0.2) is 6.07 Å². The van der Waals surface area contributed by atoms with Crippen LogP contribution < -0.4 is 10.1 Å². The molecule has 17 heavy (non-hydrogen) atoms. The molecular weight excluding hydrogens is 218 g/mol. The summed E-state index contributed by atoms with van der Waals surface area (Å²) in [5, 5.41) is 12.3. The van der Waals surface area contributed by atoms with Gasteiger partial charge in [-0.15, -0.1) is 0 Å². The Kier molecular flexibility index (Phi) is 5.15. The van der Waals surface area contributed by atoms with Crippen molar-refractivity contribution < 1.29 is 9.84 Å². The Bertz CT molecular complexity index is 356. The molecule has 5 heteroatoms. The Balaban J connectivity index is 2.81. The minimum atomic E-state index is 0.164. The molecule has 0 bridgehead atoms. The number of nitrogens with zero attached hydrogens (tertiary/aromatic N) is 2. The molecule has 2 N–H and O–H groups in total. The molecule has 5 nitrogen and oxygen atoms in total. The van der Waals surface area contributed by atoms with E-state index in [-0.39, 0.29) is 12.6 Å². The third kappa shape index (κ3) is 4.19. The number of methoxy groups -OCH3 is 1. The number of anilines is 1. The smallest absolute Gasteiger partial charge is 0.218 e. The van der Waals surface area contributed by atoms with Crippen LogP contribution in [-0.2, 0) is 0 Å². The summed E-state index contributed by atoms with van der Waals surface area (Å²) in [4.78, 5) is 8.43. The highest BCUT2D eigenvalue weighted by Crippen LogP contribution is 2.17. The Hall–Kier alpha value is -1.36. The first-order valence-electron chi connectivity index (χ1n) is 5.84. The molecule has 0 saturated heterocycles. The minimum Gasteiger partial charge on any atom is -0.481 e. The fraction of sp³-hybridized carbons (Fsp3) is 0.667. The molecule has 0 amide bonds. The number of aromatic nitrogens is 2. The summed E-state index contributed by atoms with van der Waals surface area (Å²) >= 11 is 0. The van der Waals surface area contributed by atoms with Crippen LogP contribution in [0.2, 0.25) is 0 Å². The molecule has 1 rings (SSSR count). The molecule has 0 fully saturated rings. The maximum absolute atomic E-state index is 9.02. The molecule has 0 spiro atoms. The molecule has 1 unspecified atom stereocenters. The van der Waals surface area contributed by atoms with Crippen LogP contribution in [0.25, 0.3) is 0 Å². The van der Waals surface area contributed by atoms with Crippen molar-refractivity contribution in [3.05, 3.63) is 11.9 Å². The number of aryl methyl sites for hydroxylation is 1. The summed E-state index contributed by atoms with van der Waals surface area (Å²) in [7, 11) is 1.58. The number of aliphatic hydroxyl groups is 1. The van der Waals surface area contributed by atoms with E-state index in [1.54, 1.807) is 13.2 Å². The summed E-state index contributed by atoms with van der Waals surface area (Å²) in [6.07, 6.45) is 0.697. The van der Waals surface area contributed by atoms with Gasteiger partial charge in [0.1, 0.15) is 11.6 Å². The third-order valence-corrected chi connectivity index (χ3v) is 2.60. The fourth-order valence-electron chi connectivity index (χ4n) is 1.62. The van der Waals surface area contributed by atoms with Crippen LogP contribution in [0.1, 0.15) is 26.1 Å². The van der Waals surface area contributed by atoms with Crippen molar-refractivity contribution >= 4 is 5.82 Å². The van der Waals surface area contributed by atoms with Gasteiger partial charge in [-0.05, 0) is 19.3 Å². The zero-order valence-corrected chi connectivity index (χ0v) is 10.9. The van der Waals surface area contributed by atoms with Gasteiger partial charge >= 0.3 is 0 Å². The second-order valence-corrected chi connectivity index (χ2v) is 4.35. The van der Waals surface area contributed by atoms with Crippen molar-refractivity contribution in [1.82, 2.24) is 9.97 Å². The summed E-state index contributed by atoms with van der Waals surface area (Å²) in [6, 6.07) is 1.96. The lowest BCUT2D eigenvalue weighted by Gasteiger charge is -2.22. The van der Waals surface area contributed by atoms with Crippen molar-refractivity contribution in [2.75, 3.05) is 19.0 Å². The molecule has 1 atom stereocenters. The van der Waals surface area contributed by atoms with Gasteiger partial charge in [-0.3, -0.25) is 0 Å². The first kappa shape index (κ1) is 13.7. The molecular formula is C12H21N3O2. The molecule has 0 aliphatic heterocycles. The minimum absolute atomic E-state index is 0.164. The van der Waals surface area contributed by atoms with Crippen molar-refractivity contribution in [3.63, 3.8) is 0 Å². The van der Waals surface area contributed by atoms with E-state index in [9.17, 15) is 0 Å². The first-order chi connectivity index (χ1) is 8.06. The van der Waals surface area contributed by atoms with Crippen LogP contribution in [0.5, 0.6) is 5.88 Å². The zero-order valence-electron chi connectivity index (χ0n) is 10.9. The van der Waals surface area contributed by atoms with Gasteiger partial charge < -0.3 is 15.2 Å². The highest BCUT2D eigenvalue weighted by molar-refractivity contribution is 5.39. The van der Waals surface area contributed by atoms with E-state index in [1.807, 2.05) is 6.92 Å². The monoisotopic (exact) mass is 239 g/mol. The predicted molar refractivity (Wildman–Crippen MR) is 67.3 cm³/mol. The van der Waals surface area contributed by atoms with Crippen LogP contribution in [0.4, 0.5) is 5.82 Å². The highest BCUT2D eigenvalue weighted by Gasteiger charge is 2.14. The quantitative estimate of drug-likeness (QED) is 0.789. The van der Waals surface area contributed by atoms with Crippen molar-refractivity contribution in [2.45, 2.75) is 33.2 Å². The molecule has 0 radical (unpaired) electrons. The molecule has 0 aliphatic carbocycles. The summed E-state index contributed by atoms with van der Waals surface area (Å²) < 4.78 is 5.10. The number of hydrogen-bond acceptors (Lipinski definition) is 5. The number of ether oxygens (including phenoxy) is 1. The lowest BCUT2D eigenvalue weighted by molar-refractivity contribution is 0.267. The van der Waals surface area contributed by atoms with Gasteiger partial charge in [0.25, 0.3) is 0 Å². The van der Waals surface area contributed by atoms with Gasteiger partial charge in [-0.25, -0.2) is 4.98 Å². The van der Waals surface area contributed by atoms with Gasteiger partial charge in [0, 0.05) is 18.7 Å². The van der Waals surface area contributed by atoms with Gasteiger partial charge in [0.2, 0.25) is 5.88 Å². The molecule has 1 aromatic heterocycles. The van der Waals surface area contributed by atoms with Gasteiger partial charge in [-0.1, -0.05) is 13.8 Å². The lowest BCUT2D eigenvalue weighted by atomic mass is 10.0. The zero-order chi connectivity index (χ0) is 12.8. The molecule has 0 saturated carbocycles. The highest BCUT2D eigenvalue weighted by atomic mass is 16.5. The van der Waals surface area contributed by atoms with Gasteiger partial charge in [-0.2, -0.15) is 4.98 Å². The SMILES string of the molecule is COc1cc(NC(CCO)C(C)C)nc(C)n1. The number of aliphatic hydroxyl groups excluding tert-OH is 1. The Morgan fingerprint density at radius 3 is 2.65 bits per heavy atom. The van der Waals surface area contributed by atoms with E-state index in [2.05, 4.69) is 29.1 Å². The second-order valence-electron chi connectivity index (χ2n) is 4.35. The van der Waals surface area contributed by atoms with E-state index in [4.69, 9.17) is 9.84 Å². The maximum atomic E-state index is 9.02. The van der Waals surface area contributed by atoms with Crippen molar-refractivity contribution in [2.24, 2.45) is 5.92 Å². The normalized spacial score (nSPS) is 12.6. The second kappa shape index (κ2) is 6.39. The van der Waals surface area contributed by atoms with E-state index < -0.39 is 0 Å². The van der Waals surface area contributed by atoms with Gasteiger partial charge in [0.05, 0.1) is 7.11 Å². The first-order valence-corrected chi connectivity index (χ1v) is 5.84. The third-order valence-electron chi connectivity index (χ3n) is 2.60. The largest absolute Gasteiger partial charge is 0.481 e. The Labute approximate surface area is 102 Å². The van der Waals surface area contributed by atoms with E-state index in [1.165, 1.54) is 0 Å². The summed E-state index contributed by atoms with van der Waals surface area (Å²) in [5.41, 5.74) is 0. The van der Waals surface area contributed by atoms with E-state index >= 15 is 0 Å². The average molecular weight is 239 g/mol. The number of hydrogen-bond donors (Lipinski definition) is 2. The molecule has 1 heterocycles. The van der Waals surface area contributed by atoms with Crippen LogP contribution in [0.3, 0.4) is 0 Å². The van der Waals surface area contributed by atoms with Crippen LogP contribution >= 0.6 is 0 Å². The Morgan fingerprint density at radius 1 is 1.41 bits per heavy atom. The Morgan fingerprint density at radius 2 is 2.12 bits per heavy atom. The predicted octanol–water partition coefficient (Wildman–Crippen LogP) is 1.61. The van der Waals surface area contributed by atoms with Crippen LogP contribution in [-0.4, -0.2) is 34.8 Å². The number of nitrogens with one attached hydrogen (secondary N) is 1. The fourth-order valence-corrected chi connectivity index (χ4v) is 1.62. The summed E-state index contributed by atoms with van der Waals surface area (Å²) in [6.45, 7) is 6.21. The maximum Gasteiger partial charge on any atom is 0.218 e. The van der Waals surface area contributed by atoms with Crippen molar-refractivity contribution in [3.8, 4) is 5.88 Å². The van der Waals surface area contributed by atoms with Crippen LogP contribution in [0, 0.1) is 12.8 Å². The average Bonchev–Trinajstić information content (AvgIpc) is 2.27. The summed E-state index contributed by atoms with van der Waals surface area (Å²) in [5.74, 6) is 2.37. The molecule has 0 aliphatic rings. The lowest BCUT2D eigenvalue weighted by Crippen LogP contribution is -2.27. The molecule has 96 valence electrons.